The van der Waals surface area contributed by atoms with Crippen molar-refractivity contribution in [2.45, 2.75) is 13.8 Å². The van der Waals surface area contributed by atoms with Crippen LogP contribution in [0.1, 0.15) is 18.1 Å². The molecule has 1 rings (SSSR count). The molecule has 0 aliphatic carbocycles. The minimum atomic E-state index is 0.266. The zero-order valence-corrected chi connectivity index (χ0v) is 9.04. The van der Waals surface area contributed by atoms with Gasteiger partial charge >= 0.3 is 0 Å². The van der Waals surface area contributed by atoms with Crippen LogP contribution in [0, 0.1) is 12.3 Å². The van der Waals surface area contributed by atoms with Crippen molar-refractivity contribution in [2.24, 2.45) is 0 Å². The van der Waals surface area contributed by atoms with Crippen LogP contribution >= 0.6 is 0 Å². The van der Waals surface area contributed by atoms with Crippen LogP contribution in [-0.2, 0) is 0 Å². The van der Waals surface area contributed by atoms with Crippen LogP contribution in [0.15, 0.2) is 30.5 Å². The number of nitrogens with one attached hydrogen (secondary N) is 2. The summed E-state index contributed by atoms with van der Waals surface area (Å²) in [5.74, 6) is 0.266. The predicted octanol–water partition coefficient (Wildman–Crippen LogP) is 2.19. The van der Waals surface area contributed by atoms with Crippen molar-refractivity contribution in [2.75, 3.05) is 6.54 Å². The minimum Gasteiger partial charge on any atom is -0.508 e. The standard InChI is InChI=1S/C12H16N2O/c1-3-14-7-6-11(13)10-4-5-12(15)9(2)8-10/h4-8,13-15H,3H2,1-2H3/b7-6-,13-11?. The van der Waals surface area contributed by atoms with E-state index in [0.717, 1.165) is 17.7 Å². The van der Waals surface area contributed by atoms with Crippen LogP contribution in [0.4, 0.5) is 0 Å². The Balaban J connectivity index is 2.78. The van der Waals surface area contributed by atoms with E-state index in [-0.39, 0.29) is 5.75 Å². The smallest absolute Gasteiger partial charge is 0.118 e. The van der Waals surface area contributed by atoms with Gasteiger partial charge in [-0.3, -0.25) is 0 Å². The molecule has 1 aromatic carbocycles. The number of aryl methyl sites for hydroxylation is 1. The first-order chi connectivity index (χ1) is 7.15. The average Bonchev–Trinajstić information content (AvgIpc) is 2.22. The number of benzene rings is 1. The molecule has 0 atom stereocenters. The first kappa shape index (κ1) is 11.3. The lowest BCUT2D eigenvalue weighted by Gasteiger charge is -2.02. The molecule has 0 spiro atoms. The summed E-state index contributed by atoms with van der Waals surface area (Å²) in [6.45, 7) is 4.66. The highest BCUT2D eigenvalue weighted by Gasteiger charge is 2.00. The molecule has 3 heteroatoms. The van der Waals surface area contributed by atoms with E-state index in [9.17, 15) is 5.11 Å². The summed E-state index contributed by atoms with van der Waals surface area (Å²) in [5.41, 5.74) is 2.02. The molecule has 0 saturated carbocycles. The molecule has 1 aromatic rings. The van der Waals surface area contributed by atoms with Crippen molar-refractivity contribution in [3.8, 4) is 5.75 Å². The van der Waals surface area contributed by atoms with E-state index in [2.05, 4.69) is 5.32 Å². The second-order valence-electron chi connectivity index (χ2n) is 3.31. The number of phenolic OH excluding ortho intramolecular Hbond substituents is 1. The summed E-state index contributed by atoms with van der Waals surface area (Å²) in [7, 11) is 0. The second kappa shape index (κ2) is 5.20. The summed E-state index contributed by atoms with van der Waals surface area (Å²) in [6.07, 6.45) is 3.46. The van der Waals surface area contributed by atoms with Crippen LogP contribution in [0.5, 0.6) is 5.75 Å². The summed E-state index contributed by atoms with van der Waals surface area (Å²) in [4.78, 5) is 0. The number of rotatable bonds is 4. The third-order valence-electron chi connectivity index (χ3n) is 2.08. The van der Waals surface area contributed by atoms with Crippen LogP contribution in [0.25, 0.3) is 0 Å². The van der Waals surface area contributed by atoms with Crippen LogP contribution in [-0.4, -0.2) is 17.4 Å². The molecule has 0 fully saturated rings. The highest BCUT2D eigenvalue weighted by atomic mass is 16.3. The number of phenols is 1. The van der Waals surface area contributed by atoms with Crippen molar-refractivity contribution in [3.63, 3.8) is 0 Å². The van der Waals surface area contributed by atoms with Gasteiger partial charge in [-0.25, -0.2) is 0 Å². The van der Waals surface area contributed by atoms with Gasteiger partial charge in [0.15, 0.2) is 0 Å². The van der Waals surface area contributed by atoms with Gasteiger partial charge in [0.05, 0.1) is 5.71 Å². The number of hydrogen-bond acceptors (Lipinski definition) is 3. The number of aromatic hydroxyl groups is 1. The maximum absolute atomic E-state index is 9.34. The third-order valence-corrected chi connectivity index (χ3v) is 2.08. The molecule has 80 valence electrons. The average molecular weight is 204 g/mol. The van der Waals surface area contributed by atoms with Crippen LogP contribution in [0.2, 0.25) is 0 Å². The van der Waals surface area contributed by atoms with E-state index < -0.39 is 0 Å². The van der Waals surface area contributed by atoms with E-state index in [1.165, 1.54) is 0 Å². The SMILES string of the molecule is CCN/C=C\C(=N)c1ccc(O)c(C)c1. The third kappa shape index (κ3) is 3.13. The normalized spacial score (nSPS) is 10.5. The Morgan fingerprint density at radius 3 is 2.87 bits per heavy atom. The molecule has 15 heavy (non-hydrogen) atoms. The highest BCUT2D eigenvalue weighted by Crippen LogP contribution is 2.17. The van der Waals surface area contributed by atoms with Gasteiger partial charge in [0, 0.05) is 6.54 Å². The fraction of sp³-hybridized carbons (Fsp3) is 0.250. The Bertz CT molecular complexity index is 383. The Labute approximate surface area is 90.0 Å². The van der Waals surface area contributed by atoms with E-state index in [4.69, 9.17) is 5.41 Å². The molecule has 3 N–H and O–H groups in total. The molecule has 0 saturated heterocycles. The fourth-order valence-electron chi connectivity index (χ4n) is 1.18. The lowest BCUT2D eigenvalue weighted by atomic mass is 10.1. The zero-order valence-electron chi connectivity index (χ0n) is 9.04. The number of allylic oxidation sites excluding steroid dienone is 1. The van der Waals surface area contributed by atoms with Crippen molar-refractivity contribution in [3.05, 3.63) is 41.6 Å². The van der Waals surface area contributed by atoms with Gasteiger partial charge in [-0.05, 0) is 55.4 Å². The molecule has 0 radical (unpaired) electrons. The maximum Gasteiger partial charge on any atom is 0.118 e. The quantitative estimate of drug-likeness (QED) is 0.658. The molecule has 0 unspecified atom stereocenters. The molecule has 0 heterocycles. The molecule has 0 aliphatic rings. The summed E-state index contributed by atoms with van der Waals surface area (Å²) in [6, 6.07) is 5.15. The summed E-state index contributed by atoms with van der Waals surface area (Å²) >= 11 is 0. The zero-order chi connectivity index (χ0) is 11.3. The molecular weight excluding hydrogens is 188 g/mol. The Morgan fingerprint density at radius 2 is 2.27 bits per heavy atom. The van der Waals surface area contributed by atoms with Crippen molar-refractivity contribution in [1.29, 1.82) is 5.41 Å². The Morgan fingerprint density at radius 1 is 1.53 bits per heavy atom. The van der Waals surface area contributed by atoms with Crippen LogP contribution in [0.3, 0.4) is 0 Å². The first-order valence-corrected chi connectivity index (χ1v) is 4.93. The topological polar surface area (TPSA) is 56.1 Å². The van der Waals surface area contributed by atoms with Gasteiger partial charge in [-0.15, -0.1) is 0 Å². The van der Waals surface area contributed by atoms with E-state index >= 15 is 0 Å². The van der Waals surface area contributed by atoms with E-state index in [1.807, 2.05) is 13.8 Å². The molecular formula is C12H16N2O. The van der Waals surface area contributed by atoms with Gasteiger partial charge in [-0.1, -0.05) is 0 Å². The maximum atomic E-state index is 9.34. The molecule has 0 aromatic heterocycles. The second-order valence-corrected chi connectivity index (χ2v) is 3.31. The van der Waals surface area contributed by atoms with Gasteiger partial charge in [0.1, 0.15) is 5.75 Å². The van der Waals surface area contributed by atoms with Gasteiger partial charge in [0.25, 0.3) is 0 Å². The predicted molar refractivity (Wildman–Crippen MR) is 62.5 cm³/mol. The fourth-order valence-corrected chi connectivity index (χ4v) is 1.18. The minimum absolute atomic E-state index is 0.266. The highest BCUT2D eigenvalue weighted by molar-refractivity contribution is 6.06. The Kier molecular flexibility index (Phi) is 3.92. The van der Waals surface area contributed by atoms with Gasteiger partial charge in [0.2, 0.25) is 0 Å². The van der Waals surface area contributed by atoms with Gasteiger partial charge < -0.3 is 15.8 Å². The molecule has 0 aliphatic heterocycles. The van der Waals surface area contributed by atoms with Crippen molar-refractivity contribution < 1.29 is 5.11 Å². The van der Waals surface area contributed by atoms with Crippen LogP contribution < -0.4 is 5.32 Å². The monoisotopic (exact) mass is 204 g/mol. The molecule has 0 amide bonds. The van der Waals surface area contributed by atoms with Crippen molar-refractivity contribution in [1.82, 2.24) is 5.32 Å². The van der Waals surface area contributed by atoms with Gasteiger partial charge in [-0.2, -0.15) is 0 Å². The Hall–Kier alpha value is -1.77. The lowest BCUT2D eigenvalue weighted by molar-refractivity contribution is 0.471. The lowest BCUT2D eigenvalue weighted by Crippen LogP contribution is -2.04. The largest absolute Gasteiger partial charge is 0.508 e. The van der Waals surface area contributed by atoms with E-state index in [1.54, 1.807) is 30.5 Å². The molecule has 3 nitrogen and oxygen atoms in total. The summed E-state index contributed by atoms with van der Waals surface area (Å²) in [5, 5.41) is 20.1. The first-order valence-electron chi connectivity index (χ1n) is 4.93. The molecule has 0 bridgehead atoms. The van der Waals surface area contributed by atoms with E-state index in [0.29, 0.717) is 5.71 Å². The van der Waals surface area contributed by atoms with Crippen molar-refractivity contribution >= 4 is 5.71 Å². The summed E-state index contributed by atoms with van der Waals surface area (Å²) < 4.78 is 0. The number of hydrogen-bond donors (Lipinski definition) is 3.